The second-order valence-corrected chi connectivity index (χ2v) is 3.98. The van der Waals surface area contributed by atoms with E-state index < -0.39 is 6.61 Å². The Hall–Kier alpha value is -2.17. The first-order chi connectivity index (χ1) is 9.16. The predicted octanol–water partition coefficient (Wildman–Crippen LogP) is 3.60. The summed E-state index contributed by atoms with van der Waals surface area (Å²) in [5.41, 5.74) is 2.40. The Kier molecular flexibility index (Phi) is 4.28. The Bertz CT molecular complexity index is 546. The lowest BCUT2D eigenvalue weighted by atomic mass is 10.2. The second-order valence-electron chi connectivity index (χ2n) is 3.98. The lowest BCUT2D eigenvalue weighted by molar-refractivity contribution is -0.0504. The molecule has 3 nitrogen and oxygen atoms in total. The fraction of sp³-hybridized carbons (Fsp3) is 0.214. The van der Waals surface area contributed by atoms with E-state index in [1.54, 1.807) is 24.4 Å². The Morgan fingerprint density at radius 3 is 2.74 bits per heavy atom. The van der Waals surface area contributed by atoms with E-state index in [9.17, 15) is 8.78 Å². The third kappa shape index (κ3) is 3.64. The van der Waals surface area contributed by atoms with Gasteiger partial charge >= 0.3 is 6.61 Å². The Balaban J connectivity index is 2.09. The lowest BCUT2D eigenvalue weighted by Crippen LogP contribution is -2.07. The minimum absolute atomic E-state index is 0.187. The molecule has 1 aromatic heterocycles. The van der Waals surface area contributed by atoms with E-state index in [4.69, 9.17) is 0 Å². The van der Waals surface area contributed by atoms with Crippen LogP contribution < -0.4 is 10.1 Å². The van der Waals surface area contributed by atoms with Crippen molar-refractivity contribution in [3.05, 3.63) is 53.9 Å². The van der Waals surface area contributed by atoms with Gasteiger partial charge in [0.25, 0.3) is 0 Å². The summed E-state index contributed by atoms with van der Waals surface area (Å²) in [5, 5.41) is 3.16. The van der Waals surface area contributed by atoms with Crippen LogP contribution in [-0.4, -0.2) is 11.6 Å². The van der Waals surface area contributed by atoms with Crippen LogP contribution in [0.4, 0.5) is 14.5 Å². The summed E-state index contributed by atoms with van der Waals surface area (Å²) in [5.74, 6) is 0.187. The molecule has 19 heavy (non-hydrogen) atoms. The van der Waals surface area contributed by atoms with Crippen molar-refractivity contribution in [3.8, 4) is 5.75 Å². The maximum Gasteiger partial charge on any atom is 0.387 e. The Morgan fingerprint density at radius 2 is 2.00 bits per heavy atom. The highest BCUT2D eigenvalue weighted by Crippen LogP contribution is 2.22. The average Bonchev–Trinajstić information content (AvgIpc) is 2.39. The fourth-order valence-electron chi connectivity index (χ4n) is 1.72. The Labute approximate surface area is 110 Å². The van der Waals surface area contributed by atoms with Crippen molar-refractivity contribution in [3.63, 3.8) is 0 Å². The molecule has 0 aliphatic heterocycles. The average molecular weight is 264 g/mol. The predicted molar refractivity (Wildman–Crippen MR) is 69.4 cm³/mol. The lowest BCUT2D eigenvalue weighted by Gasteiger charge is -2.12. The summed E-state index contributed by atoms with van der Waals surface area (Å²) in [7, 11) is 0. The minimum Gasteiger partial charge on any atom is -0.434 e. The van der Waals surface area contributed by atoms with Crippen LogP contribution in [0.25, 0.3) is 0 Å². The van der Waals surface area contributed by atoms with Crippen LogP contribution in [0.2, 0.25) is 0 Å². The summed E-state index contributed by atoms with van der Waals surface area (Å²) in [6.07, 6.45) is 1.70. The maximum absolute atomic E-state index is 12.3. The molecule has 0 saturated heterocycles. The number of alkyl halides is 2. The third-order valence-corrected chi connectivity index (χ3v) is 2.66. The molecule has 0 aliphatic carbocycles. The zero-order valence-corrected chi connectivity index (χ0v) is 10.4. The molecule has 0 bridgehead atoms. The van der Waals surface area contributed by atoms with Gasteiger partial charge in [-0.1, -0.05) is 18.2 Å². The summed E-state index contributed by atoms with van der Waals surface area (Å²) < 4.78 is 29.0. The Morgan fingerprint density at radius 1 is 1.21 bits per heavy atom. The van der Waals surface area contributed by atoms with Gasteiger partial charge in [0.15, 0.2) is 0 Å². The van der Waals surface area contributed by atoms with Gasteiger partial charge in [0.05, 0.1) is 11.4 Å². The topological polar surface area (TPSA) is 34.2 Å². The van der Waals surface area contributed by atoms with Crippen molar-refractivity contribution < 1.29 is 13.5 Å². The van der Waals surface area contributed by atoms with Gasteiger partial charge in [-0.3, -0.25) is 4.98 Å². The molecule has 0 unspecified atom stereocenters. The largest absolute Gasteiger partial charge is 0.434 e. The molecule has 0 atom stereocenters. The van der Waals surface area contributed by atoms with Gasteiger partial charge in [-0.2, -0.15) is 8.78 Å². The molecule has 5 heteroatoms. The van der Waals surface area contributed by atoms with Gasteiger partial charge in [0, 0.05) is 18.3 Å². The number of rotatable bonds is 5. The third-order valence-electron chi connectivity index (χ3n) is 2.66. The molecule has 0 amide bonds. The van der Waals surface area contributed by atoms with E-state index in [0.29, 0.717) is 12.1 Å². The molecule has 2 rings (SSSR count). The second kappa shape index (κ2) is 6.13. The number of nitrogens with zero attached hydrogens (tertiary/aromatic N) is 1. The molecule has 1 heterocycles. The van der Waals surface area contributed by atoms with Crippen molar-refractivity contribution >= 4 is 5.69 Å². The molecule has 2 aromatic rings. The van der Waals surface area contributed by atoms with Gasteiger partial charge in [0.2, 0.25) is 0 Å². The van der Waals surface area contributed by atoms with Crippen molar-refractivity contribution in [2.45, 2.75) is 20.1 Å². The van der Waals surface area contributed by atoms with Gasteiger partial charge in [-0.15, -0.1) is 0 Å². The number of pyridine rings is 1. The summed E-state index contributed by atoms with van der Waals surface area (Å²) >= 11 is 0. The van der Waals surface area contributed by atoms with Gasteiger partial charge < -0.3 is 10.1 Å². The monoisotopic (exact) mass is 264 g/mol. The first kappa shape index (κ1) is 13.3. The number of hydrogen-bond acceptors (Lipinski definition) is 3. The van der Waals surface area contributed by atoms with Crippen molar-refractivity contribution in [2.24, 2.45) is 0 Å². The minimum atomic E-state index is -2.82. The fourth-order valence-corrected chi connectivity index (χ4v) is 1.72. The van der Waals surface area contributed by atoms with E-state index in [1.165, 1.54) is 6.07 Å². The first-order valence-corrected chi connectivity index (χ1v) is 5.85. The SMILES string of the molecule is Cc1ncccc1NCc1ccccc1OC(F)F. The number of aryl methyl sites for hydroxylation is 1. The van der Waals surface area contributed by atoms with Crippen LogP contribution in [0.5, 0.6) is 5.75 Å². The van der Waals surface area contributed by atoms with Crippen LogP contribution in [0.15, 0.2) is 42.6 Å². The number of ether oxygens (including phenoxy) is 1. The number of aromatic nitrogens is 1. The molecule has 0 aliphatic rings. The van der Waals surface area contributed by atoms with Gasteiger partial charge in [0.1, 0.15) is 5.75 Å². The first-order valence-electron chi connectivity index (χ1n) is 5.85. The molecule has 1 aromatic carbocycles. The maximum atomic E-state index is 12.3. The number of para-hydroxylation sites is 1. The van der Waals surface area contributed by atoms with Crippen molar-refractivity contribution in [1.29, 1.82) is 0 Å². The van der Waals surface area contributed by atoms with E-state index in [2.05, 4.69) is 15.0 Å². The number of hydrogen-bond donors (Lipinski definition) is 1. The molecule has 1 N–H and O–H groups in total. The van der Waals surface area contributed by atoms with E-state index in [1.807, 2.05) is 19.1 Å². The molecule has 0 radical (unpaired) electrons. The summed E-state index contributed by atoms with van der Waals surface area (Å²) in [6, 6.07) is 10.4. The normalized spacial score (nSPS) is 10.5. The van der Waals surface area contributed by atoms with Crippen LogP contribution in [-0.2, 0) is 6.54 Å². The van der Waals surface area contributed by atoms with E-state index in [0.717, 1.165) is 11.4 Å². The number of nitrogens with one attached hydrogen (secondary N) is 1. The number of anilines is 1. The molecule has 0 spiro atoms. The summed E-state index contributed by atoms with van der Waals surface area (Å²) in [4.78, 5) is 4.15. The zero-order valence-electron chi connectivity index (χ0n) is 10.4. The van der Waals surface area contributed by atoms with Gasteiger partial charge in [-0.25, -0.2) is 0 Å². The number of halogens is 2. The highest BCUT2D eigenvalue weighted by molar-refractivity contribution is 5.48. The van der Waals surface area contributed by atoms with Gasteiger partial charge in [-0.05, 0) is 25.1 Å². The highest BCUT2D eigenvalue weighted by atomic mass is 19.3. The summed E-state index contributed by atoms with van der Waals surface area (Å²) in [6.45, 7) is -0.541. The van der Waals surface area contributed by atoms with Crippen LogP contribution in [0, 0.1) is 6.92 Å². The van der Waals surface area contributed by atoms with E-state index in [-0.39, 0.29) is 5.75 Å². The molecular weight excluding hydrogens is 250 g/mol. The smallest absolute Gasteiger partial charge is 0.387 e. The molecule has 100 valence electrons. The van der Waals surface area contributed by atoms with Crippen molar-refractivity contribution in [2.75, 3.05) is 5.32 Å². The zero-order chi connectivity index (χ0) is 13.7. The molecule has 0 saturated carbocycles. The molecular formula is C14H14F2N2O. The van der Waals surface area contributed by atoms with Crippen LogP contribution in [0.1, 0.15) is 11.3 Å². The highest BCUT2D eigenvalue weighted by Gasteiger charge is 2.09. The number of benzene rings is 1. The quantitative estimate of drug-likeness (QED) is 0.895. The van der Waals surface area contributed by atoms with Crippen LogP contribution >= 0.6 is 0 Å². The molecule has 0 fully saturated rings. The van der Waals surface area contributed by atoms with Crippen molar-refractivity contribution in [1.82, 2.24) is 4.98 Å². The van der Waals surface area contributed by atoms with E-state index >= 15 is 0 Å². The van der Waals surface area contributed by atoms with Crippen LogP contribution in [0.3, 0.4) is 0 Å². The standard InChI is InChI=1S/C14H14F2N2O/c1-10-12(6-4-8-17-10)18-9-11-5-2-3-7-13(11)19-14(15)16/h2-8,14,18H,9H2,1H3.